The third-order valence-corrected chi connectivity index (χ3v) is 3.48. The first-order valence-electron chi connectivity index (χ1n) is 7.58. The zero-order valence-corrected chi connectivity index (χ0v) is 14.1. The van der Waals surface area contributed by atoms with Gasteiger partial charge in [0.1, 0.15) is 11.6 Å². The number of hydrogen-bond donors (Lipinski definition) is 0. The van der Waals surface area contributed by atoms with Crippen LogP contribution in [0.25, 0.3) is 0 Å². The highest BCUT2D eigenvalue weighted by Crippen LogP contribution is 2.36. The number of hydrogen-bond acceptors (Lipinski definition) is 6. The Morgan fingerprint density at radius 2 is 1.22 bits per heavy atom. The van der Waals surface area contributed by atoms with Crippen molar-refractivity contribution in [2.75, 3.05) is 0 Å². The molecule has 0 aromatic rings. The lowest BCUT2D eigenvalue weighted by atomic mass is 9.71. The predicted molar refractivity (Wildman–Crippen MR) is 79.7 cm³/mol. The van der Waals surface area contributed by atoms with Crippen molar-refractivity contribution in [3.8, 4) is 0 Å². The van der Waals surface area contributed by atoms with E-state index >= 15 is 0 Å². The Morgan fingerprint density at radius 1 is 0.870 bits per heavy atom. The molecule has 0 unspecified atom stereocenters. The maximum absolute atomic E-state index is 12.0. The number of carboxylic acids is 2. The molecule has 0 atom stereocenters. The van der Waals surface area contributed by atoms with Gasteiger partial charge in [-0.2, -0.15) is 0 Å². The summed E-state index contributed by atoms with van der Waals surface area (Å²) in [5.74, 6) is -4.55. The molecular formula is C17H24O6-2. The van der Waals surface area contributed by atoms with Gasteiger partial charge < -0.3 is 19.8 Å². The zero-order chi connectivity index (χ0) is 18.4. The van der Waals surface area contributed by atoms with Gasteiger partial charge in [-0.3, -0.25) is 9.59 Å². The molecule has 23 heavy (non-hydrogen) atoms. The molecule has 0 aromatic heterocycles. The Kier molecular flexibility index (Phi) is 7.86. The second-order valence-corrected chi connectivity index (χ2v) is 6.76. The number of rotatable bonds is 11. The molecule has 0 aliphatic rings. The minimum Gasteiger partial charge on any atom is -0.549 e. The van der Waals surface area contributed by atoms with Crippen LogP contribution < -0.4 is 10.2 Å². The van der Waals surface area contributed by atoms with Crippen molar-refractivity contribution in [2.45, 2.75) is 53.4 Å². The first-order valence-corrected chi connectivity index (χ1v) is 7.58. The average molecular weight is 324 g/mol. The molecule has 130 valence electrons. The third kappa shape index (κ3) is 6.34. The summed E-state index contributed by atoms with van der Waals surface area (Å²) in [4.78, 5) is 46.9. The number of Topliss-reactive ketones (excluding diaryl/α,β-unsaturated/α-hetero) is 2. The van der Waals surface area contributed by atoms with E-state index in [4.69, 9.17) is 0 Å². The molecule has 0 radical (unpaired) electrons. The van der Waals surface area contributed by atoms with Gasteiger partial charge in [0.25, 0.3) is 0 Å². The van der Waals surface area contributed by atoms with Gasteiger partial charge >= 0.3 is 0 Å². The molecule has 6 nitrogen and oxygen atoms in total. The first kappa shape index (κ1) is 21.0. The van der Waals surface area contributed by atoms with Crippen LogP contribution in [0, 0.1) is 17.3 Å². The van der Waals surface area contributed by atoms with Crippen molar-refractivity contribution in [1.29, 1.82) is 0 Å². The van der Waals surface area contributed by atoms with Gasteiger partial charge in [0.15, 0.2) is 0 Å². The Morgan fingerprint density at radius 3 is 1.43 bits per heavy atom. The van der Waals surface area contributed by atoms with Crippen LogP contribution in [0.5, 0.6) is 0 Å². The lowest BCUT2D eigenvalue weighted by molar-refractivity contribution is -0.322. The molecule has 0 bridgehead atoms. The van der Waals surface area contributed by atoms with Gasteiger partial charge in [-0.05, 0) is 17.4 Å². The lowest BCUT2D eigenvalue weighted by Crippen LogP contribution is -2.50. The van der Waals surface area contributed by atoms with Crippen LogP contribution in [0.4, 0.5) is 0 Å². The quantitative estimate of drug-likeness (QED) is 0.496. The molecule has 0 rings (SSSR count). The summed E-state index contributed by atoms with van der Waals surface area (Å²) in [6, 6.07) is 0. The third-order valence-electron chi connectivity index (χ3n) is 3.48. The van der Waals surface area contributed by atoms with Gasteiger partial charge in [0.05, 0.1) is 11.9 Å². The highest BCUT2D eigenvalue weighted by Gasteiger charge is 2.39. The minimum atomic E-state index is -2.25. The van der Waals surface area contributed by atoms with E-state index < -0.39 is 47.3 Å². The number of carboxylic acid groups (broad SMARTS) is 2. The Hall–Kier alpha value is -1.98. The molecular weight excluding hydrogens is 300 g/mol. The number of carbonyl (C=O) groups is 4. The van der Waals surface area contributed by atoms with Crippen molar-refractivity contribution in [3.05, 3.63) is 12.2 Å². The maximum atomic E-state index is 12.0. The molecule has 0 aromatic carbocycles. The smallest absolute Gasteiger partial charge is 0.134 e. The van der Waals surface area contributed by atoms with Crippen molar-refractivity contribution in [2.24, 2.45) is 17.3 Å². The first-order chi connectivity index (χ1) is 10.4. The summed E-state index contributed by atoms with van der Waals surface area (Å²) < 4.78 is 0. The van der Waals surface area contributed by atoms with E-state index in [-0.39, 0.29) is 24.7 Å². The summed E-state index contributed by atoms with van der Waals surface area (Å²) in [5, 5.41) is 22.8. The molecule has 0 heterocycles. The zero-order valence-electron chi connectivity index (χ0n) is 14.1. The van der Waals surface area contributed by atoms with E-state index in [0.29, 0.717) is 0 Å². The molecule has 0 N–H and O–H groups in total. The van der Waals surface area contributed by atoms with Crippen LogP contribution in [-0.4, -0.2) is 23.5 Å². The Balaban J connectivity index is 5.66. The van der Waals surface area contributed by atoms with Gasteiger partial charge in [-0.25, -0.2) is 0 Å². The van der Waals surface area contributed by atoms with E-state index in [1.807, 2.05) is 0 Å². The fraction of sp³-hybridized carbons (Fsp3) is 0.647. The normalized spacial score (nSPS) is 11.6. The molecule has 0 saturated heterocycles. The monoisotopic (exact) mass is 324 g/mol. The number of aliphatic carboxylic acids is 2. The molecule has 0 fully saturated rings. The fourth-order valence-corrected chi connectivity index (χ4v) is 2.47. The van der Waals surface area contributed by atoms with Crippen molar-refractivity contribution in [3.63, 3.8) is 0 Å². The highest BCUT2D eigenvalue weighted by atomic mass is 16.4. The second kappa shape index (κ2) is 8.60. The minimum absolute atomic E-state index is 0.0236. The molecule has 0 amide bonds. The molecule has 6 heteroatoms. The average Bonchev–Trinajstić information content (AvgIpc) is 2.34. The van der Waals surface area contributed by atoms with Crippen molar-refractivity contribution in [1.82, 2.24) is 0 Å². The van der Waals surface area contributed by atoms with Crippen LogP contribution in [-0.2, 0) is 19.2 Å². The summed E-state index contributed by atoms with van der Waals surface area (Å²) in [6.45, 7) is 10.3. The van der Waals surface area contributed by atoms with Crippen LogP contribution >= 0.6 is 0 Å². The van der Waals surface area contributed by atoms with E-state index in [9.17, 15) is 29.4 Å². The second-order valence-electron chi connectivity index (χ2n) is 6.76. The fourth-order valence-electron chi connectivity index (χ4n) is 2.47. The summed E-state index contributed by atoms with van der Waals surface area (Å²) in [7, 11) is 0. The molecule has 0 aliphatic heterocycles. The number of ketones is 2. The van der Waals surface area contributed by atoms with Crippen LogP contribution in [0.2, 0.25) is 0 Å². The summed E-state index contributed by atoms with van der Waals surface area (Å²) >= 11 is 0. The number of carbonyl (C=O) groups excluding carboxylic acids is 4. The standard InChI is InChI=1S/C17H26O6/c1-10(2)6-13(18)8-17(16(22)23,12(5)15(20)21)9-14(19)7-11(3)4/h10-11H,5-9H2,1-4H3,(H,20,21)(H,22,23)/p-2. The summed E-state index contributed by atoms with van der Waals surface area (Å²) in [6.07, 6.45) is -1.12. The van der Waals surface area contributed by atoms with Crippen LogP contribution in [0.3, 0.4) is 0 Å². The maximum Gasteiger partial charge on any atom is 0.134 e. The van der Waals surface area contributed by atoms with E-state index in [2.05, 4.69) is 6.58 Å². The lowest BCUT2D eigenvalue weighted by Gasteiger charge is -2.36. The van der Waals surface area contributed by atoms with Crippen molar-refractivity contribution >= 4 is 23.5 Å². The van der Waals surface area contributed by atoms with E-state index in [1.54, 1.807) is 27.7 Å². The van der Waals surface area contributed by atoms with Gasteiger partial charge in [-0.1, -0.05) is 34.3 Å². The highest BCUT2D eigenvalue weighted by molar-refractivity contribution is 6.00. The van der Waals surface area contributed by atoms with Gasteiger partial charge in [-0.15, -0.1) is 0 Å². The van der Waals surface area contributed by atoms with Crippen LogP contribution in [0.15, 0.2) is 12.2 Å². The topological polar surface area (TPSA) is 114 Å². The van der Waals surface area contributed by atoms with E-state index in [1.165, 1.54) is 0 Å². The SMILES string of the molecule is C=C(C(=O)[O-])C(CC(=O)CC(C)C)(CC(=O)CC(C)C)C(=O)[O-]. The van der Waals surface area contributed by atoms with Crippen LogP contribution in [0.1, 0.15) is 53.4 Å². The van der Waals surface area contributed by atoms with Gasteiger partial charge in [0, 0.05) is 31.1 Å². The Labute approximate surface area is 136 Å². The van der Waals surface area contributed by atoms with E-state index in [0.717, 1.165) is 0 Å². The predicted octanol–water partition coefficient (Wildman–Crippen LogP) is 0.0394. The Bertz CT molecular complexity index is 477. The summed E-state index contributed by atoms with van der Waals surface area (Å²) in [5.41, 5.74) is -3.05. The molecule has 0 spiro atoms. The molecule has 0 aliphatic carbocycles. The van der Waals surface area contributed by atoms with Gasteiger partial charge in [0.2, 0.25) is 0 Å². The molecule has 0 saturated carbocycles. The largest absolute Gasteiger partial charge is 0.549 e. The van der Waals surface area contributed by atoms with Crippen molar-refractivity contribution < 1.29 is 29.4 Å².